The van der Waals surface area contributed by atoms with Gasteiger partial charge in [0.25, 0.3) is 0 Å². The predicted molar refractivity (Wildman–Crippen MR) is 125 cm³/mol. The minimum absolute atomic E-state index is 0. The highest BCUT2D eigenvalue weighted by Crippen LogP contribution is 2.23. The third-order valence-electron chi connectivity index (χ3n) is 4.98. The van der Waals surface area contributed by atoms with Gasteiger partial charge in [0.1, 0.15) is 0 Å². The Morgan fingerprint density at radius 3 is 2.48 bits per heavy atom. The standard InChI is InChI=1S/C20H42N4O2.HI/c1-6-7-12-25-14-15-26-13-10-22-19(21-5)23-17-20(3,4)24-11-8-9-18(2)16-24;/h18H,6-17H2,1-5H3,(H2,21,22,23);1H. The van der Waals surface area contributed by atoms with E-state index in [0.717, 1.165) is 38.0 Å². The molecule has 0 spiro atoms. The van der Waals surface area contributed by atoms with Crippen LogP contribution in [0.15, 0.2) is 4.99 Å². The summed E-state index contributed by atoms with van der Waals surface area (Å²) < 4.78 is 11.1. The van der Waals surface area contributed by atoms with Crippen molar-refractivity contribution >= 4 is 29.9 Å². The summed E-state index contributed by atoms with van der Waals surface area (Å²) in [5.41, 5.74) is 0.124. The van der Waals surface area contributed by atoms with E-state index in [1.807, 2.05) is 7.05 Å². The van der Waals surface area contributed by atoms with Crippen LogP contribution in [0.4, 0.5) is 0 Å². The number of piperidine rings is 1. The average molecular weight is 498 g/mol. The molecule has 0 amide bonds. The van der Waals surface area contributed by atoms with Crippen molar-refractivity contribution in [3.8, 4) is 0 Å². The lowest BCUT2D eigenvalue weighted by Crippen LogP contribution is -2.56. The number of nitrogens with one attached hydrogen (secondary N) is 2. The number of guanidine groups is 1. The molecule has 0 aliphatic carbocycles. The molecule has 1 saturated heterocycles. The molecule has 1 fully saturated rings. The van der Waals surface area contributed by atoms with Crippen LogP contribution in [0.1, 0.15) is 53.4 Å². The first-order chi connectivity index (χ1) is 12.5. The van der Waals surface area contributed by atoms with Crippen LogP contribution < -0.4 is 10.6 Å². The van der Waals surface area contributed by atoms with Gasteiger partial charge >= 0.3 is 0 Å². The van der Waals surface area contributed by atoms with E-state index in [9.17, 15) is 0 Å². The lowest BCUT2D eigenvalue weighted by molar-refractivity contribution is 0.0486. The number of likely N-dealkylation sites (tertiary alicyclic amines) is 1. The van der Waals surface area contributed by atoms with Gasteiger partial charge in [0, 0.05) is 38.8 Å². The van der Waals surface area contributed by atoms with Crippen molar-refractivity contribution in [3.05, 3.63) is 0 Å². The first-order valence-electron chi connectivity index (χ1n) is 10.3. The van der Waals surface area contributed by atoms with E-state index in [0.29, 0.717) is 19.8 Å². The molecule has 1 atom stereocenters. The van der Waals surface area contributed by atoms with Crippen molar-refractivity contribution in [3.63, 3.8) is 0 Å². The molecule has 0 aromatic heterocycles. The lowest BCUT2D eigenvalue weighted by Gasteiger charge is -2.43. The quantitative estimate of drug-likeness (QED) is 0.188. The molecule has 6 nitrogen and oxygen atoms in total. The summed E-state index contributed by atoms with van der Waals surface area (Å²) in [4.78, 5) is 6.91. The monoisotopic (exact) mass is 498 g/mol. The Morgan fingerprint density at radius 1 is 1.15 bits per heavy atom. The summed E-state index contributed by atoms with van der Waals surface area (Å²) >= 11 is 0. The average Bonchev–Trinajstić information content (AvgIpc) is 2.62. The van der Waals surface area contributed by atoms with E-state index in [1.165, 1.54) is 32.4 Å². The minimum atomic E-state index is 0. The van der Waals surface area contributed by atoms with Gasteiger partial charge in [-0.15, -0.1) is 24.0 Å². The van der Waals surface area contributed by atoms with Crippen LogP contribution in [0.5, 0.6) is 0 Å². The van der Waals surface area contributed by atoms with Gasteiger partial charge in [0.15, 0.2) is 5.96 Å². The summed E-state index contributed by atoms with van der Waals surface area (Å²) in [6.07, 6.45) is 4.95. The third kappa shape index (κ3) is 12.1. The summed E-state index contributed by atoms with van der Waals surface area (Å²) in [6, 6.07) is 0. The molecule has 1 aliphatic rings. The summed E-state index contributed by atoms with van der Waals surface area (Å²) in [7, 11) is 1.81. The lowest BCUT2D eigenvalue weighted by atomic mass is 9.93. The summed E-state index contributed by atoms with van der Waals surface area (Å²) in [5.74, 6) is 1.63. The second-order valence-corrected chi connectivity index (χ2v) is 7.94. The second kappa shape index (κ2) is 15.8. The van der Waals surface area contributed by atoms with Crippen LogP contribution in [0.2, 0.25) is 0 Å². The fourth-order valence-corrected chi connectivity index (χ4v) is 3.18. The molecule has 1 rings (SSSR count). The SMILES string of the molecule is CCCCOCCOCCNC(=NC)NCC(C)(C)N1CCCC(C)C1.I. The van der Waals surface area contributed by atoms with Gasteiger partial charge in [-0.25, -0.2) is 0 Å². The fraction of sp³-hybridized carbons (Fsp3) is 0.950. The normalized spacial score (nSPS) is 18.9. The van der Waals surface area contributed by atoms with Gasteiger partial charge in [-0.2, -0.15) is 0 Å². The van der Waals surface area contributed by atoms with Gasteiger partial charge in [-0.05, 0) is 45.6 Å². The highest BCUT2D eigenvalue weighted by atomic mass is 127. The number of aliphatic imine (C=N–C) groups is 1. The minimum Gasteiger partial charge on any atom is -0.379 e. The van der Waals surface area contributed by atoms with Gasteiger partial charge in [0.2, 0.25) is 0 Å². The van der Waals surface area contributed by atoms with Gasteiger partial charge in [-0.1, -0.05) is 20.3 Å². The number of nitrogens with zero attached hydrogens (tertiary/aromatic N) is 2. The largest absolute Gasteiger partial charge is 0.379 e. The van der Waals surface area contributed by atoms with Crippen molar-refractivity contribution in [2.24, 2.45) is 10.9 Å². The maximum absolute atomic E-state index is 5.58. The number of ether oxygens (including phenoxy) is 2. The van der Waals surface area contributed by atoms with Crippen LogP contribution in [-0.2, 0) is 9.47 Å². The molecule has 1 aliphatic heterocycles. The highest BCUT2D eigenvalue weighted by Gasteiger charge is 2.30. The number of hydrogen-bond donors (Lipinski definition) is 2. The predicted octanol–water partition coefficient (Wildman–Crippen LogP) is 3.11. The molecule has 27 heavy (non-hydrogen) atoms. The molecule has 0 saturated carbocycles. The Hall–Kier alpha value is -0.120. The maximum atomic E-state index is 5.58. The summed E-state index contributed by atoms with van der Waals surface area (Å²) in [6.45, 7) is 16.0. The first kappa shape index (κ1) is 26.9. The Morgan fingerprint density at radius 2 is 1.85 bits per heavy atom. The zero-order chi connectivity index (χ0) is 19.3. The van der Waals surface area contributed by atoms with E-state index < -0.39 is 0 Å². The van der Waals surface area contributed by atoms with Gasteiger partial charge < -0.3 is 20.1 Å². The van der Waals surface area contributed by atoms with Gasteiger partial charge in [0.05, 0.1) is 19.8 Å². The highest BCUT2D eigenvalue weighted by molar-refractivity contribution is 14.0. The Labute approximate surface area is 184 Å². The van der Waals surface area contributed by atoms with Crippen LogP contribution in [-0.4, -0.2) is 76.1 Å². The fourth-order valence-electron chi connectivity index (χ4n) is 3.18. The van der Waals surface area contributed by atoms with Crippen molar-refractivity contribution < 1.29 is 9.47 Å². The third-order valence-corrected chi connectivity index (χ3v) is 4.98. The number of unbranched alkanes of at least 4 members (excludes halogenated alkanes) is 1. The summed E-state index contributed by atoms with van der Waals surface area (Å²) in [5, 5.41) is 6.78. The molecule has 1 unspecified atom stereocenters. The second-order valence-electron chi connectivity index (χ2n) is 7.94. The molecule has 1 heterocycles. The molecular weight excluding hydrogens is 455 g/mol. The van der Waals surface area contributed by atoms with E-state index in [2.05, 4.69) is 48.2 Å². The zero-order valence-corrected chi connectivity index (χ0v) is 20.5. The number of halogens is 1. The van der Waals surface area contributed by atoms with E-state index in [-0.39, 0.29) is 29.5 Å². The Kier molecular flexibility index (Phi) is 15.7. The van der Waals surface area contributed by atoms with E-state index in [4.69, 9.17) is 9.47 Å². The number of rotatable bonds is 12. The molecule has 0 aromatic rings. The van der Waals surface area contributed by atoms with Crippen molar-refractivity contribution in [2.75, 3.05) is 59.7 Å². The van der Waals surface area contributed by atoms with E-state index >= 15 is 0 Å². The van der Waals surface area contributed by atoms with E-state index in [1.54, 1.807) is 0 Å². The molecule has 2 N–H and O–H groups in total. The molecule has 7 heteroatoms. The van der Waals surface area contributed by atoms with Crippen molar-refractivity contribution in [1.29, 1.82) is 0 Å². The van der Waals surface area contributed by atoms with Crippen LogP contribution in [0.25, 0.3) is 0 Å². The molecule has 0 bridgehead atoms. The Balaban J connectivity index is 0.00000676. The molecule has 162 valence electrons. The maximum Gasteiger partial charge on any atom is 0.191 e. The van der Waals surface area contributed by atoms with Crippen LogP contribution in [0.3, 0.4) is 0 Å². The molecular formula is C20H43IN4O2. The van der Waals surface area contributed by atoms with Crippen molar-refractivity contribution in [1.82, 2.24) is 15.5 Å². The molecule has 0 aromatic carbocycles. The molecule has 0 radical (unpaired) electrons. The number of hydrogen-bond acceptors (Lipinski definition) is 4. The zero-order valence-electron chi connectivity index (χ0n) is 18.2. The first-order valence-corrected chi connectivity index (χ1v) is 10.3. The smallest absolute Gasteiger partial charge is 0.191 e. The Bertz CT molecular complexity index is 394. The van der Waals surface area contributed by atoms with Crippen LogP contribution >= 0.6 is 24.0 Å². The van der Waals surface area contributed by atoms with Crippen LogP contribution in [0, 0.1) is 5.92 Å². The topological polar surface area (TPSA) is 58.1 Å². The van der Waals surface area contributed by atoms with Gasteiger partial charge in [-0.3, -0.25) is 9.89 Å². The van der Waals surface area contributed by atoms with Crippen molar-refractivity contribution in [2.45, 2.75) is 58.9 Å².